The van der Waals surface area contributed by atoms with Crippen LogP contribution in [-0.2, 0) is 29.0 Å². The number of hydrogen-bond acceptors (Lipinski definition) is 10. The van der Waals surface area contributed by atoms with Crippen molar-refractivity contribution >= 4 is 18.0 Å². The number of rotatable bonds is 10. The minimum absolute atomic E-state index is 0.190. The highest BCUT2D eigenvalue weighted by atomic mass is 16.6. The first kappa shape index (κ1) is 35.4. The van der Waals surface area contributed by atoms with Crippen molar-refractivity contribution in [2.45, 2.75) is 71.6 Å². The second kappa shape index (κ2) is 17.4. The van der Waals surface area contributed by atoms with Crippen molar-refractivity contribution in [2.24, 2.45) is 0 Å². The molecule has 2 aliphatic heterocycles. The SMILES string of the molecule is CN1CCCC1.COc1nc2c(c(N(CCCC#N)CCN(C)C(=O)OCc3ccccc3)n1)CCN(C(=O)OC(C)(C)C)C2. The largest absolute Gasteiger partial charge is 0.467 e. The second-order valence-corrected chi connectivity index (χ2v) is 12.3. The van der Waals surface area contributed by atoms with Crippen molar-refractivity contribution in [2.75, 3.05) is 65.4 Å². The van der Waals surface area contributed by atoms with Crippen molar-refractivity contribution < 1.29 is 23.8 Å². The Hall–Kier alpha value is -4.11. The molecule has 0 radical (unpaired) electrons. The smallest absolute Gasteiger partial charge is 0.410 e. The van der Waals surface area contributed by atoms with Gasteiger partial charge in [-0.2, -0.15) is 15.2 Å². The van der Waals surface area contributed by atoms with Gasteiger partial charge in [0, 0.05) is 45.2 Å². The van der Waals surface area contributed by atoms with Crippen LogP contribution in [-0.4, -0.2) is 103 Å². The van der Waals surface area contributed by atoms with Gasteiger partial charge in [0.1, 0.15) is 18.0 Å². The number of amides is 2. The third-order valence-corrected chi connectivity index (χ3v) is 7.42. The zero-order valence-electron chi connectivity index (χ0n) is 27.8. The first-order valence-corrected chi connectivity index (χ1v) is 15.6. The van der Waals surface area contributed by atoms with Crippen LogP contribution in [0.1, 0.15) is 63.3 Å². The van der Waals surface area contributed by atoms with E-state index >= 15 is 0 Å². The Morgan fingerprint density at radius 2 is 1.76 bits per heavy atom. The highest BCUT2D eigenvalue weighted by Crippen LogP contribution is 2.29. The van der Waals surface area contributed by atoms with Crippen LogP contribution in [0.4, 0.5) is 15.4 Å². The van der Waals surface area contributed by atoms with Crippen LogP contribution in [0.5, 0.6) is 6.01 Å². The monoisotopic (exact) mass is 623 g/mol. The molecule has 0 aliphatic carbocycles. The summed E-state index contributed by atoms with van der Waals surface area (Å²) in [5.41, 5.74) is 1.92. The highest BCUT2D eigenvalue weighted by Gasteiger charge is 2.30. The van der Waals surface area contributed by atoms with Crippen LogP contribution < -0.4 is 9.64 Å². The molecule has 0 atom stereocenters. The second-order valence-electron chi connectivity index (χ2n) is 12.3. The van der Waals surface area contributed by atoms with Crippen LogP contribution in [0.25, 0.3) is 0 Å². The Morgan fingerprint density at radius 1 is 1.04 bits per heavy atom. The molecule has 2 aromatic rings. The summed E-state index contributed by atoms with van der Waals surface area (Å²) >= 11 is 0. The van der Waals surface area contributed by atoms with Crippen molar-refractivity contribution in [3.63, 3.8) is 0 Å². The van der Waals surface area contributed by atoms with E-state index in [-0.39, 0.29) is 19.2 Å². The summed E-state index contributed by atoms with van der Waals surface area (Å²) in [5, 5.41) is 9.10. The predicted molar refractivity (Wildman–Crippen MR) is 172 cm³/mol. The van der Waals surface area contributed by atoms with Gasteiger partial charge >= 0.3 is 18.2 Å². The van der Waals surface area contributed by atoms with Crippen molar-refractivity contribution in [1.29, 1.82) is 5.26 Å². The molecule has 246 valence electrons. The summed E-state index contributed by atoms with van der Waals surface area (Å²) < 4.78 is 16.4. The van der Waals surface area contributed by atoms with E-state index in [1.807, 2.05) is 56.0 Å². The zero-order chi connectivity index (χ0) is 32.8. The highest BCUT2D eigenvalue weighted by molar-refractivity contribution is 5.69. The lowest BCUT2D eigenvalue weighted by Gasteiger charge is -2.34. The summed E-state index contributed by atoms with van der Waals surface area (Å²) in [7, 11) is 5.36. The molecule has 0 N–H and O–H groups in total. The van der Waals surface area contributed by atoms with Gasteiger partial charge in [0.05, 0.1) is 25.4 Å². The molecule has 12 heteroatoms. The number of hydrogen-bond donors (Lipinski definition) is 0. The summed E-state index contributed by atoms with van der Waals surface area (Å²) in [6.45, 7) is 10.5. The Morgan fingerprint density at radius 3 is 2.36 bits per heavy atom. The van der Waals surface area contributed by atoms with E-state index in [2.05, 4.69) is 28.0 Å². The fourth-order valence-electron chi connectivity index (χ4n) is 4.96. The quantitative estimate of drug-likeness (QED) is 0.339. The first-order chi connectivity index (χ1) is 21.5. The predicted octanol–water partition coefficient (Wildman–Crippen LogP) is 4.87. The Labute approximate surface area is 267 Å². The molecule has 2 amide bonds. The van der Waals surface area contributed by atoms with E-state index in [9.17, 15) is 9.59 Å². The van der Waals surface area contributed by atoms with Crippen molar-refractivity contribution in [1.82, 2.24) is 24.7 Å². The molecule has 1 saturated heterocycles. The number of carbonyl (C=O) groups is 2. The molecule has 0 unspecified atom stereocenters. The summed E-state index contributed by atoms with van der Waals surface area (Å²) in [6.07, 6.45) is 3.57. The van der Waals surface area contributed by atoms with Crippen LogP contribution >= 0.6 is 0 Å². The van der Waals surface area contributed by atoms with E-state index in [0.29, 0.717) is 57.0 Å². The number of unbranched alkanes of at least 4 members (excludes halogenated alkanes) is 1. The molecule has 0 spiro atoms. The molecule has 1 aromatic heterocycles. The molecule has 0 bridgehead atoms. The number of aromatic nitrogens is 2. The van der Waals surface area contributed by atoms with Crippen molar-refractivity contribution in [3.05, 3.63) is 47.2 Å². The number of methoxy groups -OCH3 is 1. The number of ether oxygens (including phenoxy) is 3. The van der Waals surface area contributed by atoms with E-state index in [1.165, 1.54) is 37.9 Å². The van der Waals surface area contributed by atoms with Crippen molar-refractivity contribution in [3.8, 4) is 12.1 Å². The molecule has 0 saturated carbocycles. The third kappa shape index (κ3) is 11.7. The van der Waals surface area contributed by atoms with Crippen LogP contribution in [0.2, 0.25) is 0 Å². The van der Waals surface area contributed by atoms with Gasteiger partial charge in [-0.1, -0.05) is 30.3 Å². The average molecular weight is 624 g/mol. The van der Waals surface area contributed by atoms with Gasteiger partial charge in [-0.3, -0.25) is 0 Å². The average Bonchev–Trinajstić information content (AvgIpc) is 3.51. The zero-order valence-corrected chi connectivity index (χ0v) is 27.8. The first-order valence-electron chi connectivity index (χ1n) is 15.6. The third-order valence-electron chi connectivity index (χ3n) is 7.42. The van der Waals surface area contributed by atoms with Gasteiger partial charge in [-0.05, 0) is 72.2 Å². The van der Waals surface area contributed by atoms with Crippen LogP contribution in [0.15, 0.2) is 30.3 Å². The Balaban J connectivity index is 0.000000821. The Bertz CT molecular complexity index is 1270. The van der Waals surface area contributed by atoms with Gasteiger partial charge in [-0.25, -0.2) is 9.59 Å². The standard InChI is InChI=1S/C28H38N6O5.C5H11N/c1-28(2,3)39-27(36)34-16-13-22-23(19-34)30-25(37-5)31-24(22)33(15-10-9-14-29)18-17-32(4)26(35)38-20-21-11-7-6-8-12-21;1-6-4-2-3-5-6/h6-8,11-12H,9-10,13,15-20H2,1-5H3;2-5H2,1H3. The van der Waals surface area contributed by atoms with E-state index < -0.39 is 17.8 Å². The number of likely N-dealkylation sites (N-methyl/N-ethyl adjacent to an activating group) is 1. The lowest BCUT2D eigenvalue weighted by molar-refractivity contribution is 0.0220. The molecule has 2 aliphatic rings. The Kier molecular flexibility index (Phi) is 13.7. The number of fused-ring (bicyclic) bond motifs is 1. The number of nitrogens with zero attached hydrogens (tertiary/aromatic N) is 7. The van der Waals surface area contributed by atoms with Gasteiger partial charge in [0.15, 0.2) is 0 Å². The summed E-state index contributed by atoms with van der Waals surface area (Å²) in [4.78, 5) is 42.0. The number of likely N-dealkylation sites (tertiary alicyclic amines) is 1. The minimum Gasteiger partial charge on any atom is -0.467 e. The molecule has 1 aromatic carbocycles. The molecule has 12 nitrogen and oxygen atoms in total. The number of nitriles is 1. The molecule has 45 heavy (non-hydrogen) atoms. The normalized spacial score (nSPS) is 14.4. The molecule has 4 rings (SSSR count). The molecular formula is C33H49N7O5. The van der Waals surface area contributed by atoms with Crippen LogP contribution in [0, 0.1) is 11.3 Å². The van der Waals surface area contributed by atoms with E-state index in [1.54, 1.807) is 11.9 Å². The summed E-state index contributed by atoms with van der Waals surface area (Å²) in [5.74, 6) is 0.685. The minimum atomic E-state index is -0.600. The van der Waals surface area contributed by atoms with Crippen LogP contribution in [0.3, 0.4) is 0 Å². The molecule has 3 heterocycles. The lowest BCUT2D eigenvalue weighted by atomic mass is 10.0. The maximum atomic E-state index is 12.7. The number of carbonyl (C=O) groups excluding carboxylic acids is 2. The fraction of sp³-hybridized carbons (Fsp3) is 0.606. The maximum absolute atomic E-state index is 12.7. The van der Waals surface area contributed by atoms with E-state index in [0.717, 1.165) is 11.1 Å². The fourth-order valence-corrected chi connectivity index (χ4v) is 4.96. The number of anilines is 1. The summed E-state index contributed by atoms with van der Waals surface area (Å²) in [6, 6.07) is 11.9. The van der Waals surface area contributed by atoms with Gasteiger partial charge in [0.25, 0.3) is 0 Å². The molecular weight excluding hydrogens is 574 g/mol. The molecule has 1 fully saturated rings. The lowest BCUT2D eigenvalue weighted by Crippen LogP contribution is -2.42. The van der Waals surface area contributed by atoms with E-state index in [4.69, 9.17) is 19.5 Å². The van der Waals surface area contributed by atoms with Gasteiger partial charge < -0.3 is 33.8 Å². The van der Waals surface area contributed by atoms with Gasteiger partial charge in [-0.15, -0.1) is 0 Å². The number of benzene rings is 1. The van der Waals surface area contributed by atoms with Gasteiger partial charge in [0.2, 0.25) is 0 Å². The topological polar surface area (TPSA) is 124 Å². The maximum Gasteiger partial charge on any atom is 0.410 e.